The Morgan fingerprint density at radius 1 is 1.26 bits per heavy atom. The van der Waals surface area contributed by atoms with E-state index in [-0.39, 0.29) is 6.04 Å². The molecular formula is C14H17N3O2. The summed E-state index contributed by atoms with van der Waals surface area (Å²) < 4.78 is 10.6. The van der Waals surface area contributed by atoms with Gasteiger partial charge in [-0.05, 0) is 30.0 Å². The molecule has 19 heavy (non-hydrogen) atoms. The predicted octanol–water partition coefficient (Wildman–Crippen LogP) is 1.76. The van der Waals surface area contributed by atoms with Crippen molar-refractivity contribution in [1.82, 2.24) is 4.98 Å². The van der Waals surface area contributed by atoms with Crippen molar-refractivity contribution in [2.45, 2.75) is 18.5 Å². The lowest BCUT2D eigenvalue weighted by Crippen LogP contribution is -2.14. The standard InChI is InChI=1S/C14H17N3O2/c1-18-12-5-8-3-4-16-14(17-11-7-10(11)15)9(8)6-13(12)19-2/h3-6,10-11H,7,15H2,1-2H3,(H,16,17). The van der Waals surface area contributed by atoms with Crippen LogP contribution in [0.25, 0.3) is 10.8 Å². The molecule has 0 aliphatic heterocycles. The smallest absolute Gasteiger partial charge is 0.161 e. The molecule has 2 atom stereocenters. The molecule has 100 valence electrons. The molecule has 5 nitrogen and oxygen atoms in total. The fourth-order valence-corrected chi connectivity index (χ4v) is 2.17. The monoisotopic (exact) mass is 259 g/mol. The summed E-state index contributed by atoms with van der Waals surface area (Å²) in [6.07, 6.45) is 2.77. The number of nitrogens with one attached hydrogen (secondary N) is 1. The molecule has 0 spiro atoms. The molecule has 1 fully saturated rings. The summed E-state index contributed by atoms with van der Waals surface area (Å²) in [6, 6.07) is 6.41. The van der Waals surface area contributed by atoms with Crippen LogP contribution in [0.5, 0.6) is 11.5 Å². The largest absolute Gasteiger partial charge is 0.493 e. The Kier molecular flexibility index (Phi) is 2.91. The van der Waals surface area contributed by atoms with Gasteiger partial charge in [0, 0.05) is 23.7 Å². The number of fused-ring (bicyclic) bond motifs is 1. The molecule has 1 heterocycles. The van der Waals surface area contributed by atoms with Gasteiger partial charge >= 0.3 is 0 Å². The van der Waals surface area contributed by atoms with E-state index < -0.39 is 0 Å². The second kappa shape index (κ2) is 4.59. The van der Waals surface area contributed by atoms with Gasteiger partial charge in [-0.3, -0.25) is 0 Å². The summed E-state index contributed by atoms with van der Waals surface area (Å²) in [6.45, 7) is 0. The molecule has 1 aliphatic carbocycles. The van der Waals surface area contributed by atoms with Gasteiger partial charge < -0.3 is 20.5 Å². The van der Waals surface area contributed by atoms with E-state index in [9.17, 15) is 0 Å². The number of pyridine rings is 1. The van der Waals surface area contributed by atoms with Gasteiger partial charge in [0.2, 0.25) is 0 Å². The Hall–Kier alpha value is -2.01. The van der Waals surface area contributed by atoms with Crippen molar-refractivity contribution in [3.63, 3.8) is 0 Å². The molecule has 3 rings (SSSR count). The summed E-state index contributed by atoms with van der Waals surface area (Å²) in [4.78, 5) is 4.39. The van der Waals surface area contributed by atoms with Crippen LogP contribution < -0.4 is 20.5 Å². The van der Waals surface area contributed by atoms with Gasteiger partial charge in [0.25, 0.3) is 0 Å². The Labute approximate surface area is 111 Å². The lowest BCUT2D eigenvalue weighted by Gasteiger charge is -2.12. The molecule has 1 aliphatic rings. The zero-order valence-corrected chi connectivity index (χ0v) is 11.0. The van der Waals surface area contributed by atoms with E-state index in [2.05, 4.69) is 10.3 Å². The zero-order chi connectivity index (χ0) is 13.4. The lowest BCUT2D eigenvalue weighted by atomic mass is 10.1. The van der Waals surface area contributed by atoms with Crippen molar-refractivity contribution in [3.05, 3.63) is 24.4 Å². The second-order valence-corrected chi connectivity index (χ2v) is 4.74. The van der Waals surface area contributed by atoms with Crippen molar-refractivity contribution in [3.8, 4) is 11.5 Å². The third-order valence-corrected chi connectivity index (χ3v) is 3.43. The van der Waals surface area contributed by atoms with Crippen LogP contribution >= 0.6 is 0 Å². The van der Waals surface area contributed by atoms with Crippen molar-refractivity contribution in [2.75, 3.05) is 19.5 Å². The Bertz CT molecular complexity index is 615. The summed E-state index contributed by atoms with van der Waals surface area (Å²) in [5.74, 6) is 2.26. The normalized spacial score (nSPS) is 21.2. The highest BCUT2D eigenvalue weighted by Crippen LogP contribution is 2.35. The molecule has 3 N–H and O–H groups in total. The van der Waals surface area contributed by atoms with Crippen LogP contribution in [-0.2, 0) is 0 Å². The third kappa shape index (κ3) is 2.17. The highest BCUT2D eigenvalue weighted by atomic mass is 16.5. The first-order chi connectivity index (χ1) is 9.22. The molecule has 0 saturated heterocycles. The highest BCUT2D eigenvalue weighted by molar-refractivity contribution is 5.94. The molecule has 1 aromatic carbocycles. The molecule has 1 saturated carbocycles. The minimum atomic E-state index is 0.234. The second-order valence-electron chi connectivity index (χ2n) is 4.74. The predicted molar refractivity (Wildman–Crippen MR) is 74.9 cm³/mol. The Morgan fingerprint density at radius 3 is 2.58 bits per heavy atom. The van der Waals surface area contributed by atoms with Gasteiger partial charge in [0.15, 0.2) is 11.5 Å². The van der Waals surface area contributed by atoms with Crippen LogP contribution in [0.15, 0.2) is 24.4 Å². The summed E-state index contributed by atoms with van der Waals surface area (Å²) >= 11 is 0. The van der Waals surface area contributed by atoms with E-state index in [0.717, 1.165) is 28.8 Å². The molecule has 5 heteroatoms. The SMILES string of the molecule is COc1cc2ccnc(NC3CC3N)c2cc1OC. The first-order valence-electron chi connectivity index (χ1n) is 6.26. The van der Waals surface area contributed by atoms with Gasteiger partial charge in [-0.15, -0.1) is 0 Å². The van der Waals surface area contributed by atoms with E-state index in [1.54, 1.807) is 20.4 Å². The van der Waals surface area contributed by atoms with Crippen molar-refractivity contribution >= 4 is 16.6 Å². The van der Waals surface area contributed by atoms with Gasteiger partial charge in [-0.2, -0.15) is 0 Å². The first-order valence-corrected chi connectivity index (χ1v) is 6.26. The lowest BCUT2D eigenvalue weighted by molar-refractivity contribution is 0.356. The molecular weight excluding hydrogens is 242 g/mol. The van der Waals surface area contributed by atoms with Crippen LogP contribution in [-0.4, -0.2) is 31.3 Å². The number of rotatable bonds is 4. The Morgan fingerprint density at radius 2 is 1.95 bits per heavy atom. The number of anilines is 1. The molecule has 0 bridgehead atoms. The van der Waals surface area contributed by atoms with Gasteiger partial charge in [0.1, 0.15) is 5.82 Å². The number of ether oxygens (including phenoxy) is 2. The van der Waals surface area contributed by atoms with Crippen molar-refractivity contribution in [2.24, 2.45) is 5.73 Å². The van der Waals surface area contributed by atoms with E-state index in [1.807, 2.05) is 18.2 Å². The van der Waals surface area contributed by atoms with E-state index in [0.29, 0.717) is 11.8 Å². The van der Waals surface area contributed by atoms with Crippen LogP contribution in [0.4, 0.5) is 5.82 Å². The number of aromatic nitrogens is 1. The summed E-state index contributed by atoms with van der Waals surface area (Å²) in [5, 5.41) is 5.44. The van der Waals surface area contributed by atoms with Crippen molar-refractivity contribution < 1.29 is 9.47 Å². The number of hydrogen-bond acceptors (Lipinski definition) is 5. The molecule has 0 amide bonds. The van der Waals surface area contributed by atoms with Crippen LogP contribution in [0.3, 0.4) is 0 Å². The van der Waals surface area contributed by atoms with Crippen LogP contribution in [0.2, 0.25) is 0 Å². The topological polar surface area (TPSA) is 69.4 Å². The quantitative estimate of drug-likeness (QED) is 0.875. The molecule has 0 radical (unpaired) electrons. The average Bonchev–Trinajstić information content (AvgIpc) is 3.13. The van der Waals surface area contributed by atoms with Gasteiger partial charge in [-0.1, -0.05) is 0 Å². The maximum absolute atomic E-state index is 5.83. The summed E-state index contributed by atoms with van der Waals surface area (Å²) in [5.41, 5.74) is 5.83. The highest BCUT2D eigenvalue weighted by Gasteiger charge is 2.33. The average molecular weight is 259 g/mol. The molecule has 2 unspecified atom stereocenters. The number of benzene rings is 1. The van der Waals surface area contributed by atoms with Crippen LogP contribution in [0, 0.1) is 0 Å². The van der Waals surface area contributed by atoms with Crippen molar-refractivity contribution in [1.29, 1.82) is 0 Å². The van der Waals surface area contributed by atoms with E-state index >= 15 is 0 Å². The molecule has 1 aromatic heterocycles. The number of methoxy groups -OCH3 is 2. The zero-order valence-electron chi connectivity index (χ0n) is 11.0. The van der Waals surface area contributed by atoms with Gasteiger partial charge in [-0.25, -0.2) is 4.98 Å². The minimum Gasteiger partial charge on any atom is -0.493 e. The third-order valence-electron chi connectivity index (χ3n) is 3.43. The minimum absolute atomic E-state index is 0.234. The number of nitrogens with zero attached hydrogens (tertiary/aromatic N) is 1. The Balaban J connectivity index is 2.07. The number of nitrogens with two attached hydrogens (primary N) is 1. The fourth-order valence-electron chi connectivity index (χ4n) is 2.17. The fraction of sp³-hybridized carbons (Fsp3) is 0.357. The number of hydrogen-bond donors (Lipinski definition) is 2. The maximum Gasteiger partial charge on any atom is 0.161 e. The first kappa shape index (κ1) is 12.0. The molecule has 2 aromatic rings. The maximum atomic E-state index is 5.83. The van der Waals surface area contributed by atoms with Gasteiger partial charge in [0.05, 0.1) is 14.2 Å². The summed E-state index contributed by atoms with van der Waals surface area (Å²) in [7, 11) is 3.26. The van der Waals surface area contributed by atoms with E-state index in [4.69, 9.17) is 15.2 Å². The van der Waals surface area contributed by atoms with Crippen LogP contribution in [0.1, 0.15) is 6.42 Å². The van der Waals surface area contributed by atoms with E-state index in [1.165, 1.54) is 0 Å².